The van der Waals surface area contributed by atoms with E-state index < -0.39 is 11.8 Å². The maximum Gasteiger partial charge on any atom is 0.340 e. The van der Waals surface area contributed by atoms with Gasteiger partial charge in [-0.15, -0.1) is 0 Å². The van der Waals surface area contributed by atoms with Crippen molar-refractivity contribution in [2.24, 2.45) is 0 Å². The third-order valence-corrected chi connectivity index (χ3v) is 5.75. The fraction of sp³-hybridized carbons (Fsp3) is 0.192. The third kappa shape index (κ3) is 4.32. The van der Waals surface area contributed by atoms with Crippen molar-refractivity contribution in [3.63, 3.8) is 0 Å². The predicted octanol–water partition coefficient (Wildman–Crippen LogP) is 5.49. The van der Waals surface area contributed by atoms with E-state index in [2.05, 4.69) is 4.90 Å². The molecule has 1 fully saturated rings. The van der Waals surface area contributed by atoms with E-state index in [1.165, 1.54) is 36.4 Å². The molecule has 0 spiro atoms. The van der Waals surface area contributed by atoms with E-state index in [-0.39, 0.29) is 23.7 Å². The number of fused-ring (bicyclic) bond motifs is 1. The number of carbonyl (C=O) groups is 1. The van der Waals surface area contributed by atoms with E-state index in [4.69, 9.17) is 13.9 Å². The van der Waals surface area contributed by atoms with Crippen LogP contribution in [-0.2, 0) is 11.3 Å². The van der Waals surface area contributed by atoms with Crippen LogP contribution in [-0.4, -0.2) is 37.4 Å². The molecule has 5 rings (SSSR count). The monoisotopic (exact) mass is 465 g/mol. The van der Waals surface area contributed by atoms with Gasteiger partial charge in [-0.25, -0.2) is 13.6 Å². The maximum atomic E-state index is 13.4. The summed E-state index contributed by atoms with van der Waals surface area (Å²) >= 11 is 0. The lowest BCUT2D eigenvalue weighted by Crippen LogP contribution is -2.36. The maximum absolute atomic E-state index is 13.4. The fourth-order valence-corrected chi connectivity index (χ4v) is 4.04. The Hall–Kier alpha value is -3.91. The summed E-state index contributed by atoms with van der Waals surface area (Å²) in [7, 11) is 0. The Bertz CT molecular complexity index is 1330. The molecule has 2 heterocycles. The van der Waals surface area contributed by atoms with Gasteiger partial charge in [0.25, 0.3) is 0 Å². The summed E-state index contributed by atoms with van der Waals surface area (Å²) < 4.78 is 44.2. The highest BCUT2D eigenvalue weighted by Crippen LogP contribution is 2.41. The molecule has 4 aromatic rings. The molecular weight excluding hydrogens is 444 g/mol. The van der Waals surface area contributed by atoms with Crippen molar-refractivity contribution in [1.82, 2.24) is 0 Å². The van der Waals surface area contributed by atoms with Crippen LogP contribution in [0.15, 0.2) is 65.1 Å². The van der Waals surface area contributed by atoms with Crippen LogP contribution < -0.4 is 9.64 Å². The number of hydrogen-bond acceptors (Lipinski definition) is 5. The van der Waals surface area contributed by atoms with E-state index in [0.717, 1.165) is 11.3 Å². The zero-order valence-electron chi connectivity index (χ0n) is 18.1. The highest BCUT2D eigenvalue weighted by molar-refractivity contribution is 6.09. The molecule has 6 nitrogen and oxygen atoms in total. The van der Waals surface area contributed by atoms with Crippen LogP contribution >= 0.6 is 0 Å². The third-order valence-electron chi connectivity index (χ3n) is 5.75. The molecule has 34 heavy (non-hydrogen) atoms. The molecule has 0 saturated carbocycles. The largest absolute Gasteiger partial charge is 0.487 e. The molecule has 0 bridgehead atoms. The van der Waals surface area contributed by atoms with Crippen molar-refractivity contribution < 1.29 is 32.6 Å². The number of rotatable bonds is 6. The number of nitrogens with zero attached hydrogens (tertiary/aromatic N) is 1. The first-order valence-electron chi connectivity index (χ1n) is 10.8. The van der Waals surface area contributed by atoms with Crippen molar-refractivity contribution in [1.29, 1.82) is 0 Å². The summed E-state index contributed by atoms with van der Waals surface area (Å²) in [5, 5.41) is 10.3. The number of carboxylic acid groups (broad SMARTS) is 1. The minimum Gasteiger partial charge on any atom is -0.487 e. The highest BCUT2D eigenvalue weighted by Gasteiger charge is 2.25. The number of morpholine rings is 1. The van der Waals surface area contributed by atoms with Gasteiger partial charge in [-0.1, -0.05) is 12.1 Å². The van der Waals surface area contributed by atoms with Crippen molar-refractivity contribution >= 4 is 22.6 Å². The molecule has 1 aliphatic rings. The van der Waals surface area contributed by atoms with E-state index in [9.17, 15) is 18.7 Å². The predicted molar refractivity (Wildman–Crippen MR) is 122 cm³/mol. The van der Waals surface area contributed by atoms with Gasteiger partial charge >= 0.3 is 5.97 Å². The minimum absolute atomic E-state index is 0.0261. The molecule has 0 unspecified atom stereocenters. The van der Waals surface area contributed by atoms with Gasteiger partial charge in [0.1, 0.15) is 40.9 Å². The fourth-order valence-electron chi connectivity index (χ4n) is 4.04. The number of carboxylic acids is 1. The van der Waals surface area contributed by atoms with Gasteiger partial charge in [0.2, 0.25) is 0 Å². The van der Waals surface area contributed by atoms with Crippen LogP contribution in [0, 0.1) is 11.6 Å². The average Bonchev–Trinajstić information content (AvgIpc) is 3.23. The summed E-state index contributed by atoms with van der Waals surface area (Å²) in [4.78, 5) is 14.3. The molecule has 1 saturated heterocycles. The lowest BCUT2D eigenvalue weighted by atomic mass is 10.0. The van der Waals surface area contributed by atoms with Crippen molar-refractivity contribution in [2.45, 2.75) is 6.61 Å². The number of aromatic carboxylic acids is 1. The smallest absolute Gasteiger partial charge is 0.340 e. The first-order valence-corrected chi connectivity index (χ1v) is 10.8. The molecule has 3 aromatic carbocycles. The van der Waals surface area contributed by atoms with Gasteiger partial charge in [0, 0.05) is 30.1 Å². The summed E-state index contributed by atoms with van der Waals surface area (Å²) in [6.07, 6.45) is 0. The lowest BCUT2D eigenvalue weighted by Gasteiger charge is -2.30. The van der Waals surface area contributed by atoms with Gasteiger partial charge in [-0.3, -0.25) is 0 Å². The molecule has 0 radical (unpaired) electrons. The van der Waals surface area contributed by atoms with E-state index >= 15 is 0 Å². The SMILES string of the molecule is O=C(O)c1c(-c2ccc(F)cc2)oc2cc(N3CCOCC3)c(OCc3ccc(F)cc3)cc12. The number of ether oxygens (including phenoxy) is 2. The van der Waals surface area contributed by atoms with Gasteiger partial charge in [-0.05, 0) is 48.0 Å². The van der Waals surface area contributed by atoms with Crippen LogP contribution in [0.5, 0.6) is 5.75 Å². The summed E-state index contributed by atoms with van der Waals surface area (Å²) in [6.45, 7) is 2.54. The Morgan fingerprint density at radius 2 is 1.62 bits per heavy atom. The van der Waals surface area contributed by atoms with E-state index in [1.54, 1.807) is 24.3 Å². The zero-order chi connectivity index (χ0) is 23.7. The second kappa shape index (κ2) is 9.15. The Balaban J connectivity index is 1.61. The molecule has 0 atom stereocenters. The Labute approximate surface area is 193 Å². The summed E-state index contributed by atoms with van der Waals surface area (Å²) in [6, 6.07) is 14.9. The molecule has 8 heteroatoms. The molecule has 1 aliphatic heterocycles. The van der Waals surface area contributed by atoms with Gasteiger partial charge in [0.05, 0.1) is 18.9 Å². The lowest BCUT2D eigenvalue weighted by molar-refractivity contribution is 0.0699. The Morgan fingerprint density at radius 3 is 2.26 bits per heavy atom. The number of hydrogen-bond donors (Lipinski definition) is 1. The van der Waals surface area contributed by atoms with Crippen LogP contribution in [0.25, 0.3) is 22.3 Å². The molecular formula is C26H21F2NO5. The minimum atomic E-state index is -1.17. The zero-order valence-corrected chi connectivity index (χ0v) is 18.1. The number of furan rings is 1. The normalized spacial score (nSPS) is 13.9. The number of halogens is 2. The average molecular weight is 465 g/mol. The highest BCUT2D eigenvalue weighted by atomic mass is 19.1. The Kier molecular flexibility index (Phi) is 5.90. The number of benzene rings is 3. The van der Waals surface area contributed by atoms with E-state index in [0.29, 0.717) is 48.6 Å². The first kappa shape index (κ1) is 21.9. The van der Waals surface area contributed by atoms with E-state index in [1.807, 2.05) is 0 Å². The first-order chi connectivity index (χ1) is 16.5. The summed E-state index contributed by atoms with van der Waals surface area (Å²) in [5.74, 6) is -1.31. The number of anilines is 1. The molecule has 174 valence electrons. The van der Waals surface area contributed by atoms with Gasteiger partial charge < -0.3 is 23.9 Å². The molecule has 1 aromatic heterocycles. The van der Waals surface area contributed by atoms with Crippen LogP contribution in [0.4, 0.5) is 14.5 Å². The van der Waals surface area contributed by atoms with Crippen LogP contribution in [0.2, 0.25) is 0 Å². The molecule has 0 aliphatic carbocycles. The van der Waals surface area contributed by atoms with Crippen molar-refractivity contribution in [3.8, 4) is 17.1 Å². The van der Waals surface area contributed by atoms with Crippen molar-refractivity contribution in [3.05, 3.63) is 83.4 Å². The Morgan fingerprint density at radius 1 is 0.971 bits per heavy atom. The van der Waals surface area contributed by atoms with Crippen LogP contribution in [0.3, 0.4) is 0 Å². The second-order valence-electron chi connectivity index (χ2n) is 7.95. The molecule has 0 amide bonds. The topological polar surface area (TPSA) is 72.1 Å². The standard InChI is InChI=1S/C26H21F2NO5/c27-18-5-1-16(2-6-18)15-33-23-13-20-22(14-21(23)29-9-11-32-12-10-29)34-25(24(20)26(30)31)17-3-7-19(28)8-4-17/h1-8,13-14H,9-12,15H2,(H,30,31). The van der Waals surface area contributed by atoms with Crippen LogP contribution in [0.1, 0.15) is 15.9 Å². The van der Waals surface area contributed by atoms with Crippen molar-refractivity contribution in [2.75, 3.05) is 31.2 Å². The van der Waals surface area contributed by atoms with Gasteiger partial charge in [0.15, 0.2) is 0 Å². The summed E-state index contributed by atoms with van der Waals surface area (Å²) in [5.41, 5.74) is 2.33. The molecule has 1 N–H and O–H groups in total. The van der Waals surface area contributed by atoms with Gasteiger partial charge in [-0.2, -0.15) is 0 Å². The quantitative estimate of drug-likeness (QED) is 0.406. The second-order valence-corrected chi connectivity index (χ2v) is 7.95.